The van der Waals surface area contributed by atoms with Crippen molar-refractivity contribution < 1.29 is 14.2 Å². The Bertz CT molecular complexity index is 1150. The molecule has 0 aliphatic carbocycles. The number of nitrogens with one attached hydrogen (secondary N) is 1. The van der Waals surface area contributed by atoms with Crippen LogP contribution < -0.4 is 5.32 Å². The number of rotatable bonds is 5. The number of fused-ring (bicyclic) bond motifs is 3. The van der Waals surface area contributed by atoms with Gasteiger partial charge in [-0.15, -0.1) is 10.2 Å². The highest BCUT2D eigenvalue weighted by molar-refractivity contribution is 5.81. The second-order valence-electron chi connectivity index (χ2n) is 6.07. The summed E-state index contributed by atoms with van der Waals surface area (Å²) in [5.74, 6) is 0.403. The Morgan fingerprint density at radius 2 is 2.07 bits per heavy atom. The van der Waals surface area contributed by atoms with Crippen molar-refractivity contribution >= 4 is 34.4 Å². The average molecular weight is 367 g/mol. The third kappa shape index (κ3) is 3.05. The molecule has 4 rings (SSSR count). The summed E-state index contributed by atoms with van der Waals surface area (Å²) in [6, 6.07) is 6.02. The summed E-state index contributed by atoms with van der Waals surface area (Å²) < 4.78 is 11.4. The number of hydrogen-bond donors (Lipinski definition) is 1. The normalized spacial score (nSPS) is 11.2. The topological polar surface area (TPSA) is 120 Å². The van der Waals surface area contributed by atoms with Gasteiger partial charge in [0.25, 0.3) is 0 Å². The first-order chi connectivity index (χ1) is 13.1. The lowest BCUT2D eigenvalue weighted by Gasteiger charge is -2.10. The summed E-state index contributed by atoms with van der Waals surface area (Å²) in [6.07, 6.45) is -0.0516. The molecule has 1 aromatic carbocycles. The summed E-state index contributed by atoms with van der Waals surface area (Å²) in [6.45, 7) is 6.06. The molecule has 0 bridgehead atoms. The molecular weight excluding hydrogens is 350 g/mol. The second kappa shape index (κ2) is 6.63. The highest BCUT2D eigenvalue weighted by atomic mass is 16.6. The molecule has 0 amide bonds. The summed E-state index contributed by atoms with van der Waals surface area (Å²) >= 11 is 0. The monoisotopic (exact) mass is 367 g/mol. The fourth-order valence-corrected chi connectivity index (χ4v) is 2.86. The number of hydrogen-bond acceptors (Lipinski definition) is 9. The quantitative estimate of drug-likeness (QED) is 0.529. The molecule has 138 valence electrons. The zero-order valence-electron chi connectivity index (χ0n) is 15.1. The zero-order chi connectivity index (χ0) is 19.0. The standard InChI is InChI=1S/C17H17N7O3/c1-4-26-13(25)8-12-20-21-16-14(18-11-6-5-9(2)7-10(11)3)19-15-17(24(12)16)23-27-22-15/h5-7H,4,8H2,1-3H3,(H,18,19,22). The van der Waals surface area contributed by atoms with E-state index in [0.717, 1.165) is 16.8 Å². The van der Waals surface area contributed by atoms with Crippen molar-refractivity contribution in [2.75, 3.05) is 11.9 Å². The predicted molar refractivity (Wildman–Crippen MR) is 95.7 cm³/mol. The molecule has 0 fully saturated rings. The lowest BCUT2D eigenvalue weighted by atomic mass is 10.1. The highest BCUT2D eigenvalue weighted by Crippen LogP contribution is 2.25. The zero-order valence-corrected chi connectivity index (χ0v) is 15.1. The molecule has 1 N–H and O–H groups in total. The molecule has 3 aromatic heterocycles. The molecule has 10 heteroatoms. The van der Waals surface area contributed by atoms with Crippen LogP contribution in [0.5, 0.6) is 0 Å². The van der Waals surface area contributed by atoms with E-state index in [0.29, 0.717) is 22.9 Å². The molecule has 3 heterocycles. The van der Waals surface area contributed by atoms with Gasteiger partial charge in [-0.2, -0.15) is 0 Å². The van der Waals surface area contributed by atoms with Crippen LogP contribution in [0.15, 0.2) is 22.8 Å². The van der Waals surface area contributed by atoms with E-state index in [2.05, 4.69) is 36.9 Å². The van der Waals surface area contributed by atoms with Crippen LogP contribution in [0.4, 0.5) is 11.5 Å². The van der Waals surface area contributed by atoms with E-state index >= 15 is 0 Å². The fourth-order valence-electron chi connectivity index (χ4n) is 2.86. The highest BCUT2D eigenvalue weighted by Gasteiger charge is 2.21. The molecule has 0 saturated heterocycles. The number of aryl methyl sites for hydroxylation is 2. The fraction of sp³-hybridized carbons (Fsp3) is 0.294. The van der Waals surface area contributed by atoms with Crippen molar-refractivity contribution in [2.45, 2.75) is 27.2 Å². The first kappa shape index (κ1) is 16.9. The number of nitrogens with zero attached hydrogens (tertiary/aromatic N) is 6. The van der Waals surface area contributed by atoms with Crippen molar-refractivity contribution in [3.8, 4) is 0 Å². The van der Waals surface area contributed by atoms with Crippen molar-refractivity contribution in [3.05, 3.63) is 35.2 Å². The number of benzene rings is 1. The van der Waals surface area contributed by atoms with E-state index in [4.69, 9.17) is 9.37 Å². The predicted octanol–water partition coefficient (Wildman–Crippen LogP) is 2.13. The minimum atomic E-state index is -0.405. The van der Waals surface area contributed by atoms with Crippen molar-refractivity contribution in [3.63, 3.8) is 0 Å². The molecule has 0 aliphatic heterocycles. The van der Waals surface area contributed by atoms with Crippen LogP contribution in [-0.4, -0.2) is 42.5 Å². The summed E-state index contributed by atoms with van der Waals surface area (Å²) in [5, 5.41) is 19.2. The molecule has 0 aliphatic rings. The van der Waals surface area contributed by atoms with E-state index in [1.807, 2.05) is 26.0 Å². The van der Waals surface area contributed by atoms with Gasteiger partial charge in [-0.05, 0) is 42.7 Å². The van der Waals surface area contributed by atoms with Gasteiger partial charge in [0.2, 0.25) is 16.9 Å². The Kier molecular flexibility index (Phi) is 4.15. The molecule has 0 unspecified atom stereocenters. The Morgan fingerprint density at radius 3 is 2.85 bits per heavy atom. The van der Waals surface area contributed by atoms with Crippen LogP contribution in [0.2, 0.25) is 0 Å². The Balaban J connectivity index is 1.83. The SMILES string of the molecule is CCOC(=O)Cc1nnc2c(Nc3ccc(C)cc3C)nc3nonc3n12. The molecule has 0 saturated carbocycles. The second-order valence-corrected chi connectivity index (χ2v) is 6.07. The minimum Gasteiger partial charge on any atom is -0.466 e. The smallest absolute Gasteiger partial charge is 0.313 e. The van der Waals surface area contributed by atoms with Gasteiger partial charge >= 0.3 is 5.97 Å². The van der Waals surface area contributed by atoms with Crippen LogP contribution in [0.3, 0.4) is 0 Å². The summed E-state index contributed by atoms with van der Waals surface area (Å²) in [4.78, 5) is 16.3. The van der Waals surface area contributed by atoms with Gasteiger partial charge < -0.3 is 10.1 Å². The summed E-state index contributed by atoms with van der Waals surface area (Å²) in [7, 11) is 0. The molecule has 0 spiro atoms. The number of anilines is 2. The van der Waals surface area contributed by atoms with Crippen LogP contribution in [-0.2, 0) is 16.0 Å². The molecule has 27 heavy (non-hydrogen) atoms. The maximum Gasteiger partial charge on any atom is 0.313 e. The van der Waals surface area contributed by atoms with E-state index < -0.39 is 5.97 Å². The Morgan fingerprint density at radius 1 is 1.22 bits per heavy atom. The summed E-state index contributed by atoms with van der Waals surface area (Å²) in [5.41, 5.74) is 4.12. The van der Waals surface area contributed by atoms with Crippen LogP contribution in [0.1, 0.15) is 23.9 Å². The van der Waals surface area contributed by atoms with Gasteiger partial charge in [0.1, 0.15) is 6.42 Å². The van der Waals surface area contributed by atoms with E-state index in [1.165, 1.54) is 0 Å². The van der Waals surface area contributed by atoms with Gasteiger partial charge in [0, 0.05) is 5.69 Å². The number of carbonyl (C=O) groups excluding carboxylic acids is 1. The third-order valence-corrected chi connectivity index (χ3v) is 4.07. The molecule has 10 nitrogen and oxygen atoms in total. The van der Waals surface area contributed by atoms with Gasteiger partial charge in [0.05, 0.1) is 6.61 Å². The Labute approximate surface area is 153 Å². The van der Waals surface area contributed by atoms with Gasteiger partial charge in [-0.25, -0.2) is 9.61 Å². The minimum absolute atomic E-state index is 0.0516. The van der Waals surface area contributed by atoms with Crippen LogP contribution in [0, 0.1) is 13.8 Å². The van der Waals surface area contributed by atoms with Crippen LogP contribution >= 0.6 is 0 Å². The van der Waals surface area contributed by atoms with Gasteiger partial charge in [0.15, 0.2) is 11.6 Å². The number of esters is 1. The van der Waals surface area contributed by atoms with Crippen molar-refractivity contribution in [2.24, 2.45) is 0 Å². The molecule has 0 atom stereocenters. The van der Waals surface area contributed by atoms with E-state index in [1.54, 1.807) is 11.3 Å². The number of aromatic nitrogens is 6. The Hall–Kier alpha value is -3.56. The van der Waals surface area contributed by atoms with Crippen LogP contribution in [0.25, 0.3) is 16.9 Å². The first-order valence-electron chi connectivity index (χ1n) is 8.43. The maximum absolute atomic E-state index is 11.9. The molecule has 0 radical (unpaired) electrons. The number of ether oxygens (including phenoxy) is 1. The van der Waals surface area contributed by atoms with Crippen molar-refractivity contribution in [1.82, 2.24) is 29.9 Å². The van der Waals surface area contributed by atoms with E-state index in [-0.39, 0.29) is 18.7 Å². The maximum atomic E-state index is 11.9. The van der Waals surface area contributed by atoms with Gasteiger partial charge in [-0.1, -0.05) is 17.7 Å². The number of carbonyl (C=O) groups is 1. The van der Waals surface area contributed by atoms with E-state index in [9.17, 15) is 4.79 Å². The largest absolute Gasteiger partial charge is 0.466 e. The lowest BCUT2D eigenvalue weighted by Crippen LogP contribution is -2.11. The first-order valence-corrected chi connectivity index (χ1v) is 8.43. The molecular formula is C17H17N7O3. The van der Waals surface area contributed by atoms with Crippen molar-refractivity contribution in [1.29, 1.82) is 0 Å². The van der Waals surface area contributed by atoms with Gasteiger partial charge in [-0.3, -0.25) is 9.20 Å². The lowest BCUT2D eigenvalue weighted by molar-refractivity contribution is -0.142. The third-order valence-electron chi connectivity index (χ3n) is 4.07. The molecule has 4 aromatic rings. The average Bonchev–Trinajstić information content (AvgIpc) is 3.24.